The Labute approximate surface area is 94.3 Å². The molecule has 0 fully saturated rings. The zero-order valence-corrected chi connectivity index (χ0v) is 9.47. The molecule has 84 valence electrons. The first-order chi connectivity index (χ1) is 7.59. The first kappa shape index (κ1) is 10.7. The summed E-state index contributed by atoms with van der Waals surface area (Å²) >= 11 is 0. The van der Waals surface area contributed by atoms with Gasteiger partial charge in [-0.15, -0.1) is 0 Å². The van der Waals surface area contributed by atoms with Gasteiger partial charge >= 0.3 is 5.97 Å². The van der Waals surface area contributed by atoms with E-state index >= 15 is 0 Å². The van der Waals surface area contributed by atoms with Crippen molar-refractivity contribution in [2.75, 3.05) is 0 Å². The van der Waals surface area contributed by atoms with Crippen LogP contribution in [-0.4, -0.2) is 15.6 Å². The van der Waals surface area contributed by atoms with Crippen molar-refractivity contribution in [2.45, 2.75) is 13.3 Å². The molecule has 0 radical (unpaired) electrons. The molecule has 2 aromatic rings. The van der Waals surface area contributed by atoms with Gasteiger partial charge < -0.3 is 9.67 Å². The van der Waals surface area contributed by atoms with E-state index in [-0.39, 0.29) is 5.92 Å². The van der Waals surface area contributed by atoms with Crippen LogP contribution in [0.5, 0.6) is 0 Å². The molecule has 1 atom stereocenters. The summed E-state index contributed by atoms with van der Waals surface area (Å²) in [5.41, 5.74) is 2.23. The molecule has 1 heterocycles. The Morgan fingerprint density at radius 3 is 2.88 bits per heavy atom. The van der Waals surface area contributed by atoms with E-state index in [4.69, 9.17) is 5.11 Å². The molecule has 2 rings (SSSR count). The van der Waals surface area contributed by atoms with Crippen molar-refractivity contribution < 1.29 is 9.90 Å². The van der Waals surface area contributed by atoms with Crippen LogP contribution in [0.15, 0.2) is 30.5 Å². The minimum Gasteiger partial charge on any atom is -0.481 e. The van der Waals surface area contributed by atoms with Gasteiger partial charge in [0.1, 0.15) is 0 Å². The number of carbonyl (C=O) groups is 1. The van der Waals surface area contributed by atoms with E-state index in [0.29, 0.717) is 6.42 Å². The lowest BCUT2D eigenvalue weighted by Crippen LogP contribution is -2.12. The summed E-state index contributed by atoms with van der Waals surface area (Å²) in [6.45, 7) is 1.74. The normalized spacial score (nSPS) is 12.9. The zero-order chi connectivity index (χ0) is 11.7. The molecule has 1 unspecified atom stereocenters. The van der Waals surface area contributed by atoms with E-state index in [1.165, 1.54) is 0 Å². The SMILES string of the molecule is CC(Cc1cccc2ccn(C)c12)C(=O)O. The van der Waals surface area contributed by atoms with Crippen molar-refractivity contribution in [2.24, 2.45) is 13.0 Å². The maximum Gasteiger partial charge on any atom is 0.306 e. The minimum atomic E-state index is -0.744. The van der Waals surface area contributed by atoms with Crippen LogP contribution in [-0.2, 0) is 18.3 Å². The smallest absolute Gasteiger partial charge is 0.306 e. The fourth-order valence-electron chi connectivity index (χ4n) is 2.02. The van der Waals surface area contributed by atoms with Crippen molar-refractivity contribution in [3.63, 3.8) is 0 Å². The molecular weight excluding hydrogens is 202 g/mol. The van der Waals surface area contributed by atoms with Crippen LogP contribution in [0.2, 0.25) is 0 Å². The van der Waals surface area contributed by atoms with E-state index in [0.717, 1.165) is 16.5 Å². The molecule has 0 saturated carbocycles. The number of carboxylic acid groups (broad SMARTS) is 1. The number of hydrogen-bond donors (Lipinski definition) is 1. The van der Waals surface area contributed by atoms with Crippen molar-refractivity contribution >= 4 is 16.9 Å². The standard InChI is InChI=1S/C13H15NO2/c1-9(13(15)16)8-11-5-3-4-10-6-7-14(2)12(10)11/h3-7,9H,8H2,1-2H3,(H,15,16). The van der Waals surface area contributed by atoms with Crippen LogP contribution in [0, 0.1) is 5.92 Å². The Morgan fingerprint density at radius 2 is 2.19 bits per heavy atom. The summed E-state index contributed by atoms with van der Waals surface area (Å²) in [5, 5.41) is 10.1. The largest absolute Gasteiger partial charge is 0.481 e. The van der Waals surface area contributed by atoms with E-state index in [1.807, 2.05) is 42.1 Å². The summed E-state index contributed by atoms with van der Waals surface area (Å²) in [7, 11) is 1.98. The highest BCUT2D eigenvalue weighted by molar-refractivity contribution is 5.84. The van der Waals surface area contributed by atoms with Gasteiger partial charge in [0.2, 0.25) is 0 Å². The number of aliphatic carboxylic acids is 1. The van der Waals surface area contributed by atoms with Gasteiger partial charge in [-0.25, -0.2) is 0 Å². The summed E-state index contributed by atoms with van der Waals surface area (Å²) in [5.74, 6) is -1.09. The number of nitrogens with zero attached hydrogens (tertiary/aromatic N) is 1. The van der Waals surface area contributed by atoms with Crippen molar-refractivity contribution in [3.8, 4) is 0 Å². The fourth-order valence-corrected chi connectivity index (χ4v) is 2.02. The average Bonchev–Trinajstić information content (AvgIpc) is 2.61. The molecule has 0 bridgehead atoms. The van der Waals surface area contributed by atoms with Gasteiger partial charge in [0.05, 0.1) is 11.4 Å². The highest BCUT2D eigenvalue weighted by atomic mass is 16.4. The van der Waals surface area contributed by atoms with Crippen LogP contribution >= 0.6 is 0 Å². The lowest BCUT2D eigenvalue weighted by atomic mass is 9.99. The number of hydrogen-bond acceptors (Lipinski definition) is 1. The van der Waals surface area contributed by atoms with Gasteiger partial charge in [-0.1, -0.05) is 25.1 Å². The Hall–Kier alpha value is -1.77. The number of aryl methyl sites for hydroxylation is 1. The topological polar surface area (TPSA) is 42.2 Å². The highest BCUT2D eigenvalue weighted by Crippen LogP contribution is 2.21. The van der Waals surface area contributed by atoms with Crippen LogP contribution in [0.1, 0.15) is 12.5 Å². The molecule has 1 aromatic carbocycles. The lowest BCUT2D eigenvalue weighted by Gasteiger charge is -2.09. The molecule has 0 aliphatic rings. The average molecular weight is 217 g/mol. The predicted molar refractivity (Wildman–Crippen MR) is 63.4 cm³/mol. The second kappa shape index (κ2) is 4.00. The quantitative estimate of drug-likeness (QED) is 0.858. The molecular formula is C13H15NO2. The third-order valence-electron chi connectivity index (χ3n) is 2.93. The van der Waals surface area contributed by atoms with Gasteiger partial charge in [0.25, 0.3) is 0 Å². The van der Waals surface area contributed by atoms with Gasteiger partial charge in [0, 0.05) is 13.2 Å². The first-order valence-electron chi connectivity index (χ1n) is 5.35. The number of rotatable bonds is 3. The second-order valence-corrected chi connectivity index (χ2v) is 4.23. The molecule has 0 aliphatic carbocycles. The lowest BCUT2D eigenvalue weighted by molar-refractivity contribution is -0.141. The summed E-state index contributed by atoms with van der Waals surface area (Å²) in [6, 6.07) is 8.07. The molecule has 0 saturated heterocycles. The van der Waals surface area contributed by atoms with Crippen LogP contribution < -0.4 is 0 Å². The number of aromatic nitrogens is 1. The van der Waals surface area contributed by atoms with E-state index < -0.39 is 5.97 Å². The Morgan fingerprint density at radius 1 is 1.44 bits per heavy atom. The van der Waals surface area contributed by atoms with Gasteiger partial charge in [-0.3, -0.25) is 4.79 Å². The molecule has 1 aromatic heterocycles. The molecule has 0 amide bonds. The number of para-hydroxylation sites is 1. The predicted octanol–water partition coefficient (Wildman–Crippen LogP) is 2.44. The van der Waals surface area contributed by atoms with E-state index in [1.54, 1.807) is 6.92 Å². The molecule has 16 heavy (non-hydrogen) atoms. The van der Waals surface area contributed by atoms with E-state index in [9.17, 15) is 4.79 Å². The van der Waals surface area contributed by atoms with Crippen molar-refractivity contribution in [3.05, 3.63) is 36.0 Å². The molecule has 0 aliphatic heterocycles. The van der Waals surface area contributed by atoms with Crippen LogP contribution in [0.25, 0.3) is 10.9 Å². The first-order valence-corrected chi connectivity index (χ1v) is 5.35. The number of fused-ring (bicyclic) bond motifs is 1. The third kappa shape index (κ3) is 1.81. The molecule has 0 spiro atoms. The van der Waals surface area contributed by atoms with Crippen LogP contribution in [0.4, 0.5) is 0 Å². The maximum atomic E-state index is 10.9. The molecule has 3 nitrogen and oxygen atoms in total. The Balaban J connectivity index is 2.44. The minimum absolute atomic E-state index is 0.347. The van der Waals surface area contributed by atoms with Gasteiger partial charge in [-0.2, -0.15) is 0 Å². The van der Waals surface area contributed by atoms with Gasteiger partial charge in [0.15, 0.2) is 0 Å². The van der Waals surface area contributed by atoms with Gasteiger partial charge in [-0.05, 0) is 23.4 Å². The monoisotopic (exact) mass is 217 g/mol. The summed E-state index contributed by atoms with van der Waals surface area (Å²) < 4.78 is 2.04. The Bertz CT molecular complexity index is 528. The summed E-state index contributed by atoms with van der Waals surface area (Å²) in [4.78, 5) is 10.9. The zero-order valence-electron chi connectivity index (χ0n) is 9.47. The number of benzene rings is 1. The summed E-state index contributed by atoms with van der Waals surface area (Å²) in [6.07, 6.45) is 2.57. The van der Waals surface area contributed by atoms with Crippen molar-refractivity contribution in [1.29, 1.82) is 0 Å². The fraction of sp³-hybridized carbons (Fsp3) is 0.308. The molecule has 1 N–H and O–H groups in total. The third-order valence-corrected chi connectivity index (χ3v) is 2.93. The van der Waals surface area contributed by atoms with Crippen LogP contribution in [0.3, 0.4) is 0 Å². The highest BCUT2D eigenvalue weighted by Gasteiger charge is 2.14. The second-order valence-electron chi connectivity index (χ2n) is 4.23. The van der Waals surface area contributed by atoms with E-state index in [2.05, 4.69) is 0 Å². The molecule has 3 heteroatoms. The Kier molecular flexibility index (Phi) is 2.69. The maximum absolute atomic E-state index is 10.9. The number of carboxylic acids is 1. The van der Waals surface area contributed by atoms with Crippen molar-refractivity contribution in [1.82, 2.24) is 4.57 Å².